The van der Waals surface area contributed by atoms with Gasteiger partial charge in [0.2, 0.25) is 11.7 Å². The average Bonchev–Trinajstić information content (AvgIpc) is 2.16. The third-order valence-corrected chi connectivity index (χ3v) is 1.72. The number of carboxylic acids is 1. The molecule has 0 aromatic carbocycles. The molecule has 1 aromatic heterocycles. The van der Waals surface area contributed by atoms with Crippen LogP contribution in [0.15, 0.2) is 18.2 Å². The summed E-state index contributed by atoms with van der Waals surface area (Å²) in [6.45, 7) is 3.72. The number of rotatable bonds is 5. The number of hydrogen-bond acceptors (Lipinski definition) is 4. The normalized spacial score (nSPS) is 10.2. The van der Waals surface area contributed by atoms with Gasteiger partial charge in [-0.1, -0.05) is 6.07 Å². The fraction of sp³-hybridized carbons (Fsp3) is 0.364. The summed E-state index contributed by atoms with van der Waals surface area (Å²) in [4.78, 5) is 25.4. The van der Waals surface area contributed by atoms with E-state index in [2.05, 4.69) is 4.98 Å². The molecule has 16 heavy (non-hydrogen) atoms. The van der Waals surface area contributed by atoms with Gasteiger partial charge >= 0.3 is 5.97 Å². The van der Waals surface area contributed by atoms with Crippen LogP contribution >= 0.6 is 0 Å². The van der Waals surface area contributed by atoms with Crippen molar-refractivity contribution in [1.29, 1.82) is 0 Å². The van der Waals surface area contributed by atoms with E-state index in [4.69, 9.17) is 9.84 Å². The van der Waals surface area contributed by atoms with Crippen LogP contribution in [-0.4, -0.2) is 27.9 Å². The second-order valence-electron chi connectivity index (χ2n) is 3.54. The van der Waals surface area contributed by atoms with Crippen LogP contribution in [0, 0.1) is 0 Å². The molecule has 0 aliphatic rings. The zero-order valence-electron chi connectivity index (χ0n) is 9.14. The van der Waals surface area contributed by atoms with Gasteiger partial charge in [0.05, 0.1) is 18.2 Å². The molecule has 0 fully saturated rings. The molecule has 0 amide bonds. The number of aromatic nitrogens is 1. The molecule has 1 heterocycles. The molecule has 1 rings (SSSR count). The molecule has 1 aromatic rings. The number of carbonyl (C=O) groups excluding carboxylic acids is 1. The first-order chi connectivity index (χ1) is 7.49. The van der Waals surface area contributed by atoms with Crippen molar-refractivity contribution in [2.75, 3.05) is 0 Å². The minimum atomic E-state index is -1.45. The second kappa shape index (κ2) is 5.25. The van der Waals surface area contributed by atoms with Crippen LogP contribution in [0.2, 0.25) is 0 Å². The second-order valence-corrected chi connectivity index (χ2v) is 3.54. The van der Waals surface area contributed by atoms with Crippen LogP contribution in [-0.2, 0) is 16.0 Å². The minimum Gasteiger partial charge on any atom is -0.475 e. The van der Waals surface area contributed by atoms with E-state index in [0.717, 1.165) is 0 Å². The van der Waals surface area contributed by atoms with Crippen LogP contribution in [0.25, 0.3) is 0 Å². The Morgan fingerprint density at radius 3 is 2.69 bits per heavy atom. The van der Waals surface area contributed by atoms with Gasteiger partial charge in [-0.2, -0.15) is 0 Å². The summed E-state index contributed by atoms with van der Waals surface area (Å²) < 4.78 is 5.33. The summed E-state index contributed by atoms with van der Waals surface area (Å²) in [6, 6.07) is 4.93. The van der Waals surface area contributed by atoms with Crippen LogP contribution in [0.3, 0.4) is 0 Å². The number of nitrogens with zero attached hydrogens (tertiary/aromatic N) is 1. The minimum absolute atomic E-state index is 0.0158. The van der Waals surface area contributed by atoms with Crippen LogP contribution in [0.5, 0.6) is 5.88 Å². The maximum atomic E-state index is 11.0. The Labute approximate surface area is 93.1 Å². The summed E-state index contributed by atoms with van der Waals surface area (Å²) >= 11 is 0. The largest absolute Gasteiger partial charge is 0.475 e. The number of aliphatic carboxylic acids is 1. The van der Waals surface area contributed by atoms with E-state index in [9.17, 15) is 9.59 Å². The summed E-state index contributed by atoms with van der Waals surface area (Å²) in [6.07, 6.45) is -0.233. The van der Waals surface area contributed by atoms with E-state index in [1.165, 1.54) is 0 Å². The van der Waals surface area contributed by atoms with Crippen LogP contribution < -0.4 is 4.74 Å². The first-order valence-electron chi connectivity index (χ1n) is 4.87. The fourth-order valence-electron chi connectivity index (χ4n) is 1.10. The van der Waals surface area contributed by atoms with E-state index < -0.39 is 11.8 Å². The zero-order valence-corrected chi connectivity index (χ0v) is 9.14. The highest BCUT2D eigenvalue weighted by molar-refractivity contribution is 6.33. The number of ketones is 1. The Balaban J connectivity index is 2.74. The van der Waals surface area contributed by atoms with E-state index in [-0.39, 0.29) is 12.5 Å². The molecule has 0 aliphatic carbocycles. The van der Waals surface area contributed by atoms with Gasteiger partial charge in [0, 0.05) is 6.07 Å². The first-order valence-corrected chi connectivity index (χ1v) is 4.87. The Morgan fingerprint density at radius 1 is 1.44 bits per heavy atom. The quantitative estimate of drug-likeness (QED) is 0.755. The molecule has 86 valence electrons. The van der Waals surface area contributed by atoms with Gasteiger partial charge in [0.15, 0.2) is 0 Å². The van der Waals surface area contributed by atoms with Crippen molar-refractivity contribution in [3.8, 4) is 5.88 Å². The molecule has 0 spiro atoms. The highest BCUT2D eigenvalue weighted by atomic mass is 16.5. The number of carboxylic acid groups (broad SMARTS) is 1. The Kier molecular flexibility index (Phi) is 3.99. The lowest BCUT2D eigenvalue weighted by Gasteiger charge is -2.08. The van der Waals surface area contributed by atoms with Crippen molar-refractivity contribution >= 4 is 11.8 Å². The van der Waals surface area contributed by atoms with Crippen molar-refractivity contribution in [1.82, 2.24) is 4.98 Å². The molecule has 0 aliphatic heterocycles. The van der Waals surface area contributed by atoms with Crippen LogP contribution in [0.1, 0.15) is 19.5 Å². The Bertz CT molecular complexity index is 401. The maximum absolute atomic E-state index is 11.0. The molecule has 0 saturated carbocycles. The van der Waals surface area contributed by atoms with Gasteiger partial charge in [0.25, 0.3) is 0 Å². The van der Waals surface area contributed by atoms with E-state index in [1.807, 2.05) is 13.8 Å². The van der Waals surface area contributed by atoms with Crippen molar-refractivity contribution in [3.63, 3.8) is 0 Å². The smallest absolute Gasteiger partial charge is 0.372 e. The molecular weight excluding hydrogens is 210 g/mol. The molecule has 0 radical (unpaired) electrons. The van der Waals surface area contributed by atoms with Gasteiger partial charge in [-0.3, -0.25) is 4.79 Å². The standard InChI is InChI=1S/C11H13NO4/c1-7(2)16-10-5-3-4-8(12-10)6-9(13)11(14)15/h3-5,7H,6H2,1-2H3,(H,14,15). The number of hydrogen-bond donors (Lipinski definition) is 1. The highest BCUT2D eigenvalue weighted by Gasteiger charge is 2.13. The van der Waals surface area contributed by atoms with Crippen molar-refractivity contribution < 1.29 is 19.4 Å². The fourth-order valence-corrected chi connectivity index (χ4v) is 1.10. The summed E-state index contributed by atoms with van der Waals surface area (Å²) in [5.74, 6) is -1.93. The van der Waals surface area contributed by atoms with Gasteiger partial charge < -0.3 is 9.84 Å². The predicted molar refractivity (Wildman–Crippen MR) is 56.3 cm³/mol. The zero-order chi connectivity index (χ0) is 12.1. The lowest BCUT2D eigenvalue weighted by molar-refractivity contribution is -0.148. The summed E-state index contributed by atoms with van der Waals surface area (Å²) in [5, 5.41) is 8.45. The maximum Gasteiger partial charge on any atom is 0.372 e. The molecule has 5 nitrogen and oxygen atoms in total. The van der Waals surface area contributed by atoms with Crippen LogP contribution in [0.4, 0.5) is 0 Å². The van der Waals surface area contributed by atoms with Crippen molar-refractivity contribution in [2.45, 2.75) is 26.4 Å². The molecule has 0 saturated heterocycles. The van der Waals surface area contributed by atoms with E-state index in [0.29, 0.717) is 11.6 Å². The molecular formula is C11H13NO4. The van der Waals surface area contributed by atoms with E-state index in [1.54, 1.807) is 18.2 Å². The SMILES string of the molecule is CC(C)Oc1cccc(CC(=O)C(=O)O)n1. The number of ether oxygens (including phenoxy) is 1. The lowest BCUT2D eigenvalue weighted by atomic mass is 10.2. The summed E-state index contributed by atoms with van der Waals surface area (Å²) in [5.41, 5.74) is 0.394. The number of pyridine rings is 1. The van der Waals surface area contributed by atoms with Gasteiger partial charge in [-0.05, 0) is 19.9 Å². The molecule has 0 bridgehead atoms. The monoisotopic (exact) mass is 223 g/mol. The van der Waals surface area contributed by atoms with Crippen molar-refractivity contribution in [3.05, 3.63) is 23.9 Å². The Morgan fingerprint density at radius 2 is 2.12 bits per heavy atom. The topological polar surface area (TPSA) is 76.5 Å². The lowest BCUT2D eigenvalue weighted by Crippen LogP contribution is -2.16. The molecule has 0 unspecified atom stereocenters. The molecule has 5 heteroatoms. The average molecular weight is 223 g/mol. The van der Waals surface area contributed by atoms with E-state index >= 15 is 0 Å². The summed E-state index contributed by atoms with van der Waals surface area (Å²) in [7, 11) is 0. The highest BCUT2D eigenvalue weighted by Crippen LogP contribution is 2.10. The molecule has 1 N–H and O–H groups in total. The molecule has 0 atom stereocenters. The third-order valence-electron chi connectivity index (χ3n) is 1.72. The van der Waals surface area contributed by atoms with Gasteiger partial charge in [-0.15, -0.1) is 0 Å². The van der Waals surface area contributed by atoms with Gasteiger partial charge in [-0.25, -0.2) is 9.78 Å². The number of carbonyl (C=O) groups is 2. The number of Topliss-reactive ketones (excluding diaryl/α,β-unsaturated/α-hetero) is 1. The van der Waals surface area contributed by atoms with Gasteiger partial charge in [0.1, 0.15) is 0 Å². The Hall–Kier alpha value is -1.91. The predicted octanol–water partition coefficient (Wildman–Crippen LogP) is 1.06. The third kappa shape index (κ3) is 3.68. The van der Waals surface area contributed by atoms with Crippen molar-refractivity contribution in [2.24, 2.45) is 0 Å². The first kappa shape index (κ1) is 12.2.